The Hall–Kier alpha value is -1.97. The van der Waals surface area contributed by atoms with Gasteiger partial charge in [-0.2, -0.15) is 0 Å². The van der Waals surface area contributed by atoms with Gasteiger partial charge >= 0.3 is 0 Å². The fourth-order valence-corrected chi connectivity index (χ4v) is 4.11. The van der Waals surface area contributed by atoms with Crippen LogP contribution in [0.5, 0.6) is 0 Å². The number of carbonyl (C=O) groups excluding carboxylic acids is 1. The van der Waals surface area contributed by atoms with Crippen LogP contribution in [-0.4, -0.2) is 26.8 Å². The van der Waals surface area contributed by atoms with E-state index in [0.717, 1.165) is 17.7 Å². The predicted octanol–water partition coefficient (Wildman–Crippen LogP) is 3.54. The van der Waals surface area contributed by atoms with Gasteiger partial charge in [0.25, 0.3) is 0 Å². The molecule has 3 aromatic rings. The lowest BCUT2D eigenvalue weighted by Gasteiger charge is -2.00. The number of amides is 1. The molecule has 0 saturated carbocycles. The van der Waals surface area contributed by atoms with Crippen LogP contribution in [0.2, 0.25) is 0 Å². The number of thioether (sulfide) groups is 1. The van der Waals surface area contributed by atoms with E-state index in [1.807, 2.05) is 5.38 Å². The minimum Gasteiger partial charge on any atom is -0.374 e. The molecule has 0 saturated heterocycles. The maximum absolute atomic E-state index is 12.0. The van der Waals surface area contributed by atoms with Gasteiger partial charge in [-0.3, -0.25) is 4.79 Å². The van der Waals surface area contributed by atoms with Crippen molar-refractivity contribution in [2.24, 2.45) is 0 Å². The Morgan fingerprint density at radius 1 is 1.29 bits per heavy atom. The Balaban J connectivity index is 1.57. The fourth-order valence-electron chi connectivity index (χ4n) is 1.94. The van der Waals surface area contributed by atoms with Crippen LogP contribution in [0, 0.1) is 0 Å². The van der Waals surface area contributed by atoms with Gasteiger partial charge in [0.1, 0.15) is 0 Å². The number of benzene rings is 1. The molecule has 3 N–H and O–H groups in total. The first-order chi connectivity index (χ1) is 11.6. The number of aryl methyl sites for hydroxylation is 1. The van der Waals surface area contributed by atoms with Gasteiger partial charge in [0.15, 0.2) is 9.47 Å². The van der Waals surface area contributed by atoms with E-state index < -0.39 is 0 Å². The second-order valence-corrected chi connectivity index (χ2v) is 7.92. The van der Waals surface area contributed by atoms with E-state index in [1.54, 1.807) is 0 Å². The molecule has 0 aliphatic rings. The van der Waals surface area contributed by atoms with Gasteiger partial charge in [-0.1, -0.05) is 54.3 Å². The lowest BCUT2D eigenvalue weighted by molar-refractivity contribution is -0.113. The van der Waals surface area contributed by atoms with Gasteiger partial charge in [-0.15, -0.1) is 21.5 Å². The molecule has 0 bridgehead atoms. The van der Waals surface area contributed by atoms with Crippen molar-refractivity contribution in [3.8, 4) is 11.3 Å². The molecular weight excluding hydrogens is 362 g/mol. The van der Waals surface area contributed by atoms with Crippen molar-refractivity contribution >= 4 is 50.6 Å². The van der Waals surface area contributed by atoms with Crippen LogP contribution in [0.15, 0.2) is 34.0 Å². The molecule has 2 heterocycles. The Kier molecular flexibility index (Phi) is 5.44. The van der Waals surface area contributed by atoms with Crippen molar-refractivity contribution in [3.63, 3.8) is 0 Å². The molecule has 0 spiro atoms. The summed E-state index contributed by atoms with van der Waals surface area (Å²) in [5.41, 5.74) is 8.70. The summed E-state index contributed by atoms with van der Waals surface area (Å²) in [5, 5.41) is 13.3. The zero-order valence-electron chi connectivity index (χ0n) is 12.9. The maximum atomic E-state index is 12.0. The molecule has 3 rings (SSSR count). The average molecular weight is 378 g/mol. The van der Waals surface area contributed by atoms with Crippen molar-refractivity contribution < 1.29 is 4.79 Å². The number of anilines is 2. The van der Waals surface area contributed by atoms with Gasteiger partial charge in [-0.25, -0.2) is 4.98 Å². The highest BCUT2D eigenvalue weighted by Crippen LogP contribution is 2.26. The number of aromatic nitrogens is 3. The van der Waals surface area contributed by atoms with Crippen LogP contribution in [0.3, 0.4) is 0 Å². The van der Waals surface area contributed by atoms with Crippen LogP contribution in [-0.2, 0) is 11.2 Å². The smallest absolute Gasteiger partial charge is 0.236 e. The summed E-state index contributed by atoms with van der Waals surface area (Å²) in [6.07, 6.45) is 1.01. The molecule has 0 aliphatic heterocycles. The van der Waals surface area contributed by atoms with E-state index in [-0.39, 0.29) is 11.7 Å². The summed E-state index contributed by atoms with van der Waals surface area (Å²) < 4.78 is 0.679. The molecule has 0 atom stereocenters. The van der Waals surface area contributed by atoms with Gasteiger partial charge in [0.2, 0.25) is 11.0 Å². The zero-order valence-corrected chi connectivity index (χ0v) is 15.3. The first-order valence-electron chi connectivity index (χ1n) is 7.20. The third-order valence-corrected chi connectivity index (χ3v) is 5.80. The maximum Gasteiger partial charge on any atom is 0.236 e. The van der Waals surface area contributed by atoms with E-state index in [9.17, 15) is 4.79 Å². The van der Waals surface area contributed by atoms with E-state index in [4.69, 9.17) is 5.73 Å². The number of nitrogens with one attached hydrogen (secondary N) is 1. The number of rotatable bonds is 6. The third-order valence-electron chi connectivity index (χ3n) is 3.16. The highest BCUT2D eigenvalue weighted by molar-refractivity contribution is 8.01. The van der Waals surface area contributed by atoms with E-state index in [0.29, 0.717) is 14.6 Å². The molecule has 24 heavy (non-hydrogen) atoms. The van der Waals surface area contributed by atoms with Crippen molar-refractivity contribution in [1.29, 1.82) is 0 Å². The molecule has 1 aromatic carbocycles. The number of carbonyl (C=O) groups is 1. The summed E-state index contributed by atoms with van der Waals surface area (Å²) in [7, 11) is 0. The van der Waals surface area contributed by atoms with Gasteiger partial charge in [0, 0.05) is 10.9 Å². The van der Waals surface area contributed by atoms with Crippen molar-refractivity contribution in [2.75, 3.05) is 16.8 Å². The van der Waals surface area contributed by atoms with Gasteiger partial charge in [0.05, 0.1) is 11.4 Å². The predicted molar refractivity (Wildman–Crippen MR) is 101 cm³/mol. The van der Waals surface area contributed by atoms with Crippen LogP contribution in [0.1, 0.15) is 12.5 Å². The van der Waals surface area contributed by atoms with Crippen molar-refractivity contribution in [1.82, 2.24) is 15.2 Å². The first kappa shape index (κ1) is 16.9. The number of hydrogen-bond donors (Lipinski definition) is 2. The number of hydrogen-bond acceptors (Lipinski definition) is 8. The lowest BCUT2D eigenvalue weighted by Crippen LogP contribution is -2.13. The van der Waals surface area contributed by atoms with Crippen molar-refractivity contribution in [3.05, 3.63) is 35.2 Å². The molecule has 6 nitrogen and oxygen atoms in total. The largest absolute Gasteiger partial charge is 0.374 e. The molecule has 0 fully saturated rings. The summed E-state index contributed by atoms with van der Waals surface area (Å²) in [6, 6.07) is 8.29. The first-order valence-corrected chi connectivity index (χ1v) is 9.88. The van der Waals surface area contributed by atoms with E-state index in [1.165, 1.54) is 40.0 Å². The molecule has 0 unspecified atom stereocenters. The number of nitrogens with zero attached hydrogens (tertiary/aromatic N) is 3. The quantitative estimate of drug-likeness (QED) is 0.638. The SMILES string of the molecule is CCc1ccc(-c2csc(NC(=O)CSc3nnc(N)s3)n2)cc1. The van der Waals surface area contributed by atoms with Crippen LogP contribution in [0.4, 0.5) is 10.3 Å². The summed E-state index contributed by atoms with van der Waals surface area (Å²) in [5.74, 6) is 0.116. The third kappa shape index (κ3) is 4.31. The van der Waals surface area contributed by atoms with Crippen molar-refractivity contribution in [2.45, 2.75) is 17.7 Å². The average Bonchev–Trinajstić information content (AvgIpc) is 3.22. The topological polar surface area (TPSA) is 93.8 Å². The highest BCUT2D eigenvalue weighted by atomic mass is 32.2. The lowest BCUT2D eigenvalue weighted by atomic mass is 10.1. The Morgan fingerprint density at radius 2 is 2.08 bits per heavy atom. The Labute approximate surface area is 151 Å². The monoisotopic (exact) mass is 377 g/mol. The Morgan fingerprint density at radius 3 is 2.75 bits per heavy atom. The second kappa shape index (κ2) is 7.73. The van der Waals surface area contributed by atoms with Crippen LogP contribution < -0.4 is 11.1 Å². The molecular formula is C15H15N5OS3. The van der Waals surface area contributed by atoms with Gasteiger partial charge in [-0.05, 0) is 12.0 Å². The number of thiazole rings is 1. The van der Waals surface area contributed by atoms with Gasteiger partial charge < -0.3 is 11.1 Å². The molecule has 124 valence electrons. The summed E-state index contributed by atoms with van der Waals surface area (Å²) in [4.78, 5) is 16.4. The van der Waals surface area contributed by atoms with E-state index in [2.05, 4.69) is 51.7 Å². The molecule has 0 aliphatic carbocycles. The second-order valence-electron chi connectivity index (χ2n) is 4.83. The standard InChI is InChI=1S/C15H15N5OS3/c1-2-9-3-5-10(6-4-9)11-7-22-14(17-11)18-12(21)8-23-15-20-19-13(16)24-15/h3-7H,2,8H2,1H3,(H2,16,19)(H,17,18,21). The minimum absolute atomic E-state index is 0.129. The van der Waals surface area contributed by atoms with Crippen LogP contribution in [0.25, 0.3) is 11.3 Å². The number of nitrogens with two attached hydrogens (primary N) is 1. The number of nitrogen functional groups attached to an aromatic ring is 1. The van der Waals surface area contributed by atoms with Crippen LogP contribution >= 0.6 is 34.4 Å². The molecule has 0 radical (unpaired) electrons. The minimum atomic E-state index is -0.129. The highest BCUT2D eigenvalue weighted by Gasteiger charge is 2.10. The van der Waals surface area contributed by atoms with E-state index >= 15 is 0 Å². The summed E-state index contributed by atoms with van der Waals surface area (Å²) >= 11 is 3.98. The molecule has 9 heteroatoms. The fraction of sp³-hybridized carbons (Fsp3) is 0.200. The molecule has 1 amide bonds. The normalized spacial score (nSPS) is 10.7. The molecule has 2 aromatic heterocycles. The Bertz CT molecular complexity index is 828. The zero-order chi connectivity index (χ0) is 16.9. The summed E-state index contributed by atoms with van der Waals surface area (Å²) in [6.45, 7) is 2.12.